The van der Waals surface area contributed by atoms with Crippen molar-refractivity contribution in [2.45, 2.75) is 26.1 Å². The van der Waals surface area contributed by atoms with Gasteiger partial charge in [0.15, 0.2) is 5.78 Å². The molecule has 0 aliphatic rings. The maximum atomic E-state index is 13.4. The van der Waals surface area contributed by atoms with Crippen LogP contribution >= 0.6 is 11.6 Å². The summed E-state index contributed by atoms with van der Waals surface area (Å²) in [5, 5.41) is -0.688. The van der Waals surface area contributed by atoms with Crippen LogP contribution in [0, 0.1) is 19.7 Å². The summed E-state index contributed by atoms with van der Waals surface area (Å²) >= 11 is 5.61. The summed E-state index contributed by atoms with van der Waals surface area (Å²) < 4.78 is 13.4. The number of aryl methyl sites for hydroxylation is 2. The van der Waals surface area contributed by atoms with Gasteiger partial charge in [0.2, 0.25) is 0 Å². The van der Waals surface area contributed by atoms with Crippen LogP contribution in [0.5, 0.6) is 0 Å². The first-order valence-electron chi connectivity index (χ1n) is 4.38. The Balaban J connectivity index is 3.22. The Labute approximate surface area is 87.9 Å². The number of carbonyl (C=O) groups excluding carboxylic acids is 1. The molecule has 0 spiro atoms. The molecule has 1 aromatic carbocycles. The summed E-state index contributed by atoms with van der Waals surface area (Å²) in [5.41, 5.74) is 1.81. The Morgan fingerprint density at radius 3 is 2.36 bits per heavy atom. The van der Waals surface area contributed by atoms with Gasteiger partial charge >= 0.3 is 0 Å². The van der Waals surface area contributed by atoms with Crippen molar-refractivity contribution in [2.75, 3.05) is 0 Å². The third-order valence-electron chi connectivity index (χ3n) is 2.21. The predicted octanol–water partition coefficient (Wildman–Crippen LogP) is 3.25. The van der Waals surface area contributed by atoms with E-state index in [1.807, 2.05) is 6.92 Å². The van der Waals surface area contributed by atoms with Crippen LogP contribution in [0.3, 0.4) is 0 Å². The first-order chi connectivity index (χ1) is 6.43. The van der Waals surface area contributed by atoms with Crippen LogP contribution < -0.4 is 0 Å². The topological polar surface area (TPSA) is 17.1 Å². The van der Waals surface area contributed by atoms with Crippen molar-refractivity contribution < 1.29 is 9.18 Å². The number of hydrogen-bond donors (Lipinski definition) is 0. The number of halogens is 2. The molecule has 0 saturated carbocycles. The largest absolute Gasteiger partial charge is 0.292 e. The molecule has 0 aliphatic carbocycles. The van der Waals surface area contributed by atoms with Crippen molar-refractivity contribution in [1.29, 1.82) is 0 Å². The van der Waals surface area contributed by atoms with Crippen molar-refractivity contribution in [3.8, 4) is 0 Å². The molecule has 1 rings (SSSR count). The van der Waals surface area contributed by atoms with E-state index < -0.39 is 11.2 Å². The summed E-state index contributed by atoms with van der Waals surface area (Å²) in [6.07, 6.45) is 0. The Hall–Kier alpha value is -0.890. The maximum Gasteiger partial charge on any atom is 0.183 e. The summed E-state index contributed by atoms with van der Waals surface area (Å²) in [6.45, 7) is 5.18. The molecule has 0 aromatic heterocycles. The molecule has 1 atom stereocenters. The minimum Gasteiger partial charge on any atom is -0.292 e. The fraction of sp³-hybridized carbons (Fsp3) is 0.364. The molecule has 0 heterocycles. The molecule has 0 radical (unpaired) electrons. The molecule has 3 heteroatoms. The van der Waals surface area contributed by atoms with Gasteiger partial charge in [0.25, 0.3) is 0 Å². The number of carbonyl (C=O) groups is 1. The number of benzene rings is 1. The zero-order chi connectivity index (χ0) is 10.9. The first kappa shape index (κ1) is 11.2. The van der Waals surface area contributed by atoms with E-state index in [0.717, 1.165) is 11.1 Å². The molecule has 1 nitrogen and oxygen atoms in total. The highest BCUT2D eigenvalue weighted by atomic mass is 35.5. The van der Waals surface area contributed by atoms with Gasteiger partial charge in [0.1, 0.15) is 5.82 Å². The lowest BCUT2D eigenvalue weighted by atomic mass is 10.0. The Kier molecular flexibility index (Phi) is 3.27. The van der Waals surface area contributed by atoms with Gasteiger partial charge in [-0.1, -0.05) is 0 Å². The molecular formula is C11H12ClFO. The van der Waals surface area contributed by atoms with Crippen LogP contribution in [0.4, 0.5) is 4.39 Å². The van der Waals surface area contributed by atoms with Crippen molar-refractivity contribution in [3.63, 3.8) is 0 Å². The molecule has 0 fully saturated rings. The van der Waals surface area contributed by atoms with E-state index in [1.54, 1.807) is 19.9 Å². The number of ketones is 1. The van der Waals surface area contributed by atoms with E-state index in [-0.39, 0.29) is 11.3 Å². The van der Waals surface area contributed by atoms with Crippen molar-refractivity contribution in [1.82, 2.24) is 0 Å². The van der Waals surface area contributed by atoms with Crippen LogP contribution in [-0.2, 0) is 0 Å². The van der Waals surface area contributed by atoms with E-state index in [9.17, 15) is 9.18 Å². The average Bonchev–Trinajstić information content (AvgIpc) is 2.10. The highest BCUT2D eigenvalue weighted by Crippen LogP contribution is 2.17. The molecule has 1 aromatic rings. The fourth-order valence-corrected chi connectivity index (χ4v) is 1.30. The number of alkyl halides is 1. The first-order valence-corrected chi connectivity index (χ1v) is 4.82. The van der Waals surface area contributed by atoms with Crippen LogP contribution in [0.1, 0.15) is 28.4 Å². The second-order valence-electron chi connectivity index (χ2n) is 3.40. The summed E-state index contributed by atoms with van der Waals surface area (Å²) in [7, 11) is 0. The molecule has 14 heavy (non-hydrogen) atoms. The minimum atomic E-state index is -0.688. The lowest BCUT2D eigenvalue weighted by Gasteiger charge is -2.07. The standard InChI is InChI=1S/C11H12ClFO/c1-6-4-9(11(14)8(3)12)10(13)5-7(6)2/h4-5,8H,1-3H3. The van der Waals surface area contributed by atoms with E-state index in [1.165, 1.54) is 6.07 Å². The Morgan fingerprint density at radius 2 is 1.86 bits per heavy atom. The highest BCUT2D eigenvalue weighted by Gasteiger charge is 2.17. The lowest BCUT2D eigenvalue weighted by Crippen LogP contribution is -2.13. The summed E-state index contributed by atoms with van der Waals surface area (Å²) in [4.78, 5) is 11.5. The van der Waals surface area contributed by atoms with Crippen molar-refractivity contribution in [3.05, 3.63) is 34.6 Å². The number of Topliss-reactive ketones (excluding diaryl/α,β-unsaturated/α-hetero) is 1. The molecule has 76 valence electrons. The molecule has 0 N–H and O–H groups in total. The molecular weight excluding hydrogens is 203 g/mol. The van der Waals surface area contributed by atoms with Gasteiger partial charge in [-0.3, -0.25) is 4.79 Å². The van der Waals surface area contributed by atoms with E-state index in [2.05, 4.69) is 0 Å². The average molecular weight is 215 g/mol. The second-order valence-corrected chi connectivity index (χ2v) is 4.05. The van der Waals surface area contributed by atoms with Crippen LogP contribution in [-0.4, -0.2) is 11.2 Å². The molecule has 0 amide bonds. The fourth-order valence-electron chi connectivity index (χ4n) is 1.18. The van der Waals surface area contributed by atoms with Gasteiger partial charge < -0.3 is 0 Å². The number of rotatable bonds is 2. The van der Waals surface area contributed by atoms with E-state index in [4.69, 9.17) is 11.6 Å². The molecule has 0 bridgehead atoms. The monoisotopic (exact) mass is 214 g/mol. The summed E-state index contributed by atoms with van der Waals surface area (Å²) in [6, 6.07) is 2.91. The normalized spacial score (nSPS) is 12.6. The maximum absolute atomic E-state index is 13.4. The summed E-state index contributed by atoms with van der Waals surface area (Å²) in [5.74, 6) is -0.863. The van der Waals surface area contributed by atoms with Gasteiger partial charge in [-0.2, -0.15) is 0 Å². The third-order valence-corrected chi connectivity index (χ3v) is 2.41. The van der Waals surface area contributed by atoms with Crippen LogP contribution in [0.15, 0.2) is 12.1 Å². The van der Waals surface area contributed by atoms with Gasteiger partial charge in [0, 0.05) is 0 Å². The zero-order valence-electron chi connectivity index (χ0n) is 8.40. The second kappa shape index (κ2) is 4.09. The number of hydrogen-bond acceptors (Lipinski definition) is 1. The smallest absolute Gasteiger partial charge is 0.183 e. The quantitative estimate of drug-likeness (QED) is 0.546. The van der Waals surface area contributed by atoms with Crippen LogP contribution in [0.25, 0.3) is 0 Å². The minimum absolute atomic E-state index is 0.0793. The van der Waals surface area contributed by atoms with Gasteiger partial charge in [0.05, 0.1) is 10.9 Å². The molecule has 0 saturated heterocycles. The Morgan fingerprint density at radius 1 is 1.36 bits per heavy atom. The van der Waals surface area contributed by atoms with Crippen molar-refractivity contribution >= 4 is 17.4 Å². The predicted molar refractivity (Wildman–Crippen MR) is 55.5 cm³/mol. The highest BCUT2D eigenvalue weighted by molar-refractivity contribution is 6.33. The zero-order valence-corrected chi connectivity index (χ0v) is 9.15. The SMILES string of the molecule is Cc1cc(F)c(C(=O)C(C)Cl)cc1C. The Bertz CT molecular complexity index is 372. The van der Waals surface area contributed by atoms with Gasteiger partial charge in [-0.25, -0.2) is 4.39 Å². The van der Waals surface area contributed by atoms with Gasteiger partial charge in [-0.15, -0.1) is 11.6 Å². The van der Waals surface area contributed by atoms with E-state index >= 15 is 0 Å². The van der Waals surface area contributed by atoms with Crippen molar-refractivity contribution in [2.24, 2.45) is 0 Å². The van der Waals surface area contributed by atoms with E-state index in [0.29, 0.717) is 0 Å². The lowest BCUT2D eigenvalue weighted by molar-refractivity contribution is 0.0988. The van der Waals surface area contributed by atoms with Crippen LogP contribution in [0.2, 0.25) is 0 Å². The van der Waals surface area contributed by atoms with Gasteiger partial charge in [-0.05, 0) is 44.0 Å². The third kappa shape index (κ3) is 2.13. The molecule has 0 aliphatic heterocycles. The molecule has 1 unspecified atom stereocenters.